The maximum atomic E-state index is 13.9. The van der Waals surface area contributed by atoms with Crippen molar-refractivity contribution in [1.29, 1.82) is 0 Å². The van der Waals surface area contributed by atoms with Crippen molar-refractivity contribution in [3.8, 4) is 0 Å². The van der Waals surface area contributed by atoms with Crippen LogP contribution in [-0.2, 0) is 11.2 Å². The Morgan fingerprint density at radius 2 is 2.05 bits per heavy atom. The van der Waals surface area contributed by atoms with Gasteiger partial charge in [-0.2, -0.15) is 0 Å². The van der Waals surface area contributed by atoms with Crippen LogP contribution in [0.4, 0.5) is 10.1 Å². The number of hydrogen-bond acceptors (Lipinski definition) is 1. The minimum atomic E-state index is -0.382. The first-order valence-corrected chi connectivity index (χ1v) is 7.30. The van der Waals surface area contributed by atoms with Crippen molar-refractivity contribution in [2.75, 3.05) is 5.32 Å². The minimum absolute atomic E-state index is 0.120. The Bertz CT molecular complexity index is 681. The summed E-state index contributed by atoms with van der Waals surface area (Å²) >= 11 is 0. The molecule has 2 aromatic carbocycles. The Morgan fingerprint density at radius 3 is 2.86 bits per heavy atom. The van der Waals surface area contributed by atoms with Gasteiger partial charge in [0.25, 0.3) is 0 Å². The van der Waals surface area contributed by atoms with Gasteiger partial charge >= 0.3 is 0 Å². The van der Waals surface area contributed by atoms with E-state index in [1.807, 2.05) is 25.1 Å². The topological polar surface area (TPSA) is 29.1 Å². The number of nitrogens with one attached hydrogen (secondary N) is 1. The van der Waals surface area contributed by atoms with Crippen molar-refractivity contribution in [2.45, 2.75) is 32.1 Å². The van der Waals surface area contributed by atoms with Crippen molar-refractivity contribution < 1.29 is 9.18 Å². The molecule has 2 aromatic rings. The monoisotopic (exact) mass is 283 g/mol. The molecule has 3 heteroatoms. The zero-order valence-electron chi connectivity index (χ0n) is 12.0. The molecule has 1 atom stereocenters. The second kappa shape index (κ2) is 5.68. The summed E-state index contributed by atoms with van der Waals surface area (Å²) in [6, 6.07) is 12.9. The lowest BCUT2D eigenvalue weighted by molar-refractivity contribution is -0.117. The van der Waals surface area contributed by atoms with Gasteiger partial charge in [0.2, 0.25) is 5.91 Å². The smallest absolute Gasteiger partial charge is 0.232 e. The van der Waals surface area contributed by atoms with Gasteiger partial charge in [-0.15, -0.1) is 0 Å². The van der Waals surface area contributed by atoms with Gasteiger partial charge in [-0.05, 0) is 55.0 Å². The summed E-state index contributed by atoms with van der Waals surface area (Å²) in [4.78, 5) is 12.5. The van der Waals surface area contributed by atoms with Gasteiger partial charge in [0.15, 0.2) is 0 Å². The average molecular weight is 283 g/mol. The van der Waals surface area contributed by atoms with Gasteiger partial charge in [0.1, 0.15) is 5.82 Å². The first-order valence-electron chi connectivity index (χ1n) is 7.30. The average Bonchev–Trinajstić information content (AvgIpc) is 2.49. The lowest BCUT2D eigenvalue weighted by Crippen LogP contribution is -2.25. The normalized spacial score (nSPS) is 17.1. The van der Waals surface area contributed by atoms with Crippen LogP contribution in [-0.4, -0.2) is 5.91 Å². The fourth-order valence-electron chi connectivity index (χ4n) is 2.97. The predicted octanol–water partition coefficient (Wildman–Crippen LogP) is 4.19. The molecular formula is C18H18FNO. The van der Waals surface area contributed by atoms with E-state index in [1.54, 1.807) is 12.1 Å². The second-order valence-electron chi connectivity index (χ2n) is 5.62. The molecule has 0 heterocycles. The van der Waals surface area contributed by atoms with E-state index in [2.05, 4.69) is 11.4 Å². The molecule has 1 unspecified atom stereocenters. The van der Waals surface area contributed by atoms with Gasteiger partial charge in [0, 0.05) is 0 Å². The SMILES string of the molecule is Cc1ccc(NC(=O)C2CCCc3ccccc32)c(F)c1. The molecule has 3 rings (SSSR count). The summed E-state index contributed by atoms with van der Waals surface area (Å²) in [6.07, 6.45) is 2.82. The van der Waals surface area contributed by atoms with Crippen LogP contribution in [0.15, 0.2) is 42.5 Å². The Balaban J connectivity index is 1.83. The van der Waals surface area contributed by atoms with Gasteiger partial charge in [-0.1, -0.05) is 30.3 Å². The van der Waals surface area contributed by atoms with Crippen LogP contribution in [0.1, 0.15) is 35.4 Å². The summed E-state index contributed by atoms with van der Waals surface area (Å²) in [5.74, 6) is -0.687. The highest BCUT2D eigenvalue weighted by atomic mass is 19.1. The number of aryl methyl sites for hydroxylation is 2. The van der Waals surface area contributed by atoms with E-state index in [0.29, 0.717) is 0 Å². The van der Waals surface area contributed by atoms with E-state index in [-0.39, 0.29) is 23.3 Å². The number of hydrogen-bond donors (Lipinski definition) is 1. The molecule has 0 spiro atoms. The number of amides is 1. The number of benzene rings is 2. The van der Waals surface area contributed by atoms with Crippen LogP contribution < -0.4 is 5.32 Å². The molecule has 0 aliphatic heterocycles. The summed E-state index contributed by atoms with van der Waals surface area (Å²) in [7, 11) is 0. The van der Waals surface area contributed by atoms with Crippen LogP contribution in [0.5, 0.6) is 0 Å². The van der Waals surface area contributed by atoms with Crippen molar-refractivity contribution in [3.05, 3.63) is 65.0 Å². The Kier molecular flexibility index (Phi) is 3.74. The standard InChI is InChI=1S/C18H18FNO/c1-12-9-10-17(16(19)11-12)20-18(21)15-8-4-6-13-5-2-3-7-14(13)15/h2-3,5,7,9-11,15H,4,6,8H2,1H3,(H,20,21). The fourth-order valence-corrected chi connectivity index (χ4v) is 2.97. The molecule has 21 heavy (non-hydrogen) atoms. The molecule has 0 fully saturated rings. The van der Waals surface area contributed by atoms with Crippen LogP contribution >= 0.6 is 0 Å². The Hall–Kier alpha value is -2.16. The maximum absolute atomic E-state index is 13.9. The number of rotatable bonds is 2. The van der Waals surface area contributed by atoms with Crippen molar-refractivity contribution >= 4 is 11.6 Å². The van der Waals surface area contributed by atoms with E-state index in [4.69, 9.17) is 0 Å². The first kappa shape index (κ1) is 13.8. The van der Waals surface area contributed by atoms with Crippen molar-refractivity contribution in [3.63, 3.8) is 0 Å². The molecule has 0 saturated carbocycles. The zero-order valence-corrected chi connectivity index (χ0v) is 12.0. The number of anilines is 1. The summed E-state index contributed by atoms with van der Waals surface area (Å²) in [6.45, 7) is 1.83. The van der Waals surface area contributed by atoms with Crippen LogP contribution in [0.3, 0.4) is 0 Å². The molecule has 0 bridgehead atoms. The predicted molar refractivity (Wildman–Crippen MR) is 81.9 cm³/mol. The van der Waals surface area contributed by atoms with E-state index >= 15 is 0 Å². The van der Waals surface area contributed by atoms with Gasteiger partial charge < -0.3 is 5.32 Å². The van der Waals surface area contributed by atoms with Crippen LogP contribution in [0, 0.1) is 12.7 Å². The van der Waals surface area contributed by atoms with E-state index in [9.17, 15) is 9.18 Å². The molecule has 1 aliphatic carbocycles. The van der Waals surface area contributed by atoms with Crippen LogP contribution in [0.2, 0.25) is 0 Å². The largest absolute Gasteiger partial charge is 0.323 e. The van der Waals surface area contributed by atoms with Gasteiger partial charge in [0.05, 0.1) is 11.6 Å². The molecule has 108 valence electrons. The van der Waals surface area contributed by atoms with Crippen molar-refractivity contribution in [2.24, 2.45) is 0 Å². The van der Waals surface area contributed by atoms with E-state index in [1.165, 1.54) is 11.6 Å². The van der Waals surface area contributed by atoms with E-state index < -0.39 is 0 Å². The summed E-state index contributed by atoms with van der Waals surface area (Å²) in [5.41, 5.74) is 3.41. The van der Waals surface area contributed by atoms with Crippen molar-refractivity contribution in [1.82, 2.24) is 0 Å². The third-order valence-electron chi connectivity index (χ3n) is 4.07. The Morgan fingerprint density at radius 1 is 1.24 bits per heavy atom. The van der Waals surface area contributed by atoms with Gasteiger partial charge in [-0.25, -0.2) is 4.39 Å². The number of fused-ring (bicyclic) bond motifs is 1. The molecule has 0 saturated heterocycles. The number of carbonyl (C=O) groups excluding carboxylic acids is 1. The molecule has 1 aliphatic rings. The lowest BCUT2D eigenvalue weighted by Gasteiger charge is -2.24. The summed E-state index contributed by atoms with van der Waals surface area (Å²) in [5, 5.41) is 2.73. The minimum Gasteiger partial charge on any atom is -0.323 e. The summed E-state index contributed by atoms with van der Waals surface area (Å²) < 4.78 is 13.9. The van der Waals surface area contributed by atoms with Crippen LogP contribution in [0.25, 0.3) is 0 Å². The van der Waals surface area contributed by atoms with E-state index in [0.717, 1.165) is 30.4 Å². The molecule has 1 amide bonds. The molecule has 1 N–H and O–H groups in total. The highest BCUT2D eigenvalue weighted by molar-refractivity contribution is 5.96. The third-order valence-corrected chi connectivity index (χ3v) is 4.07. The maximum Gasteiger partial charge on any atom is 0.232 e. The fraction of sp³-hybridized carbons (Fsp3) is 0.278. The van der Waals surface area contributed by atoms with Gasteiger partial charge in [-0.3, -0.25) is 4.79 Å². The Labute approximate surface area is 124 Å². The lowest BCUT2D eigenvalue weighted by atomic mass is 9.82. The number of carbonyl (C=O) groups is 1. The first-order chi connectivity index (χ1) is 10.1. The molecule has 0 aromatic heterocycles. The highest BCUT2D eigenvalue weighted by Gasteiger charge is 2.26. The zero-order chi connectivity index (χ0) is 14.8. The molecule has 0 radical (unpaired) electrons. The number of halogens is 1. The second-order valence-corrected chi connectivity index (χ2v) is 5.62. The molecular weight excluding hydrogens is 265 g/mol. The third kappa shape index (κ3) is 2.82. The quantitative estimate of drug-likeness (QED) is 0.879. The highest BCUT2D eigenvalue weighted by Crippen LogP contribution is 2.32. The molecule has 2 nitrogen and oxygen atoms in total.